The number of hydrogen-bond acceptors (Lipinski definition) is 9. The predicted octanol–water partition coefficient (Wildman–Crippen LogP) is 7.29. The smallest absolute Gasteiger partial charge is 0.317 e. The molecule has 1 saturated heterocycles. The average Bonchev–Trinajstić information content (AvgIpc) is 3.09. The Morgan fingerprint density at radius 1 is 0.694 bits per heavy atom. The van der Waals surface area contributed by atoms with Gasteiger partial charge in [0, 0.05) is 6.20 Å². The molecule has 1 aliphatic heterocycles. The van der Waals surface area contributed by atoms with Crippen LogP contribution in [0, 0.1) is 0 Å². The van der Waals surface area contributed by atoms with E-state index in [0.29, 0.717) is 6.61 Å². The lowest BCUT2D eigenvalue weighted by Crippen LogP contribution is -2.64. The van der Waals surface area contributed by atoms with E-state index >= 15 is 0 Å². The lowest BCUT2D eigenvalue weighted by molar-refractivity contribution is -0.295. The van der Waals surface area contributed by atoms with Crippen LogP contribution in [0.1, 0.15) is 37.5 Å². The van der Waals surface area contributed by atoms with Crippen LogP contribution in [0.2, 0.25) is 18.1 Å². The van der Waals surface area contributed by atoms with Crippen molar-refractivity contribution in [3.8, 4) is 0 Å². The van der Waals surface area contributed by atoms with Crippen LogP contribution in [0.25, 0.3) is 0 Å². The van der Waals surface area contributed by atoms with E-state index in [9.17, 15) is 8.42 Å². The normalized spacial score (nSPS) is 21.8. The minimum absolute atomic E-state index is 0.0792. The zero-order chi connectivity index (χ0) is 34.9. The Morgan fingerprint density at radius 3 is 1.71 bits per heavy atom. The van der Waals surface area contributed by atoms with Crippen molar-refractivity contribution in [2.75, 3.05) is 6.61 Å². The topological polar surface area (TPSA) is 102 Å². The van der Waals surface area contributed by atoms with Gasteiger partial charge in [-0.3, -0.25) is 0 Å². The summed E-state index contributed by atoms with van der Waals surface area (Å²) < 4.78 is 66.4. The van der Waals surface area contributed by atoms with E-state index < -0.39 is 49.1 Å². The predicted molar refractivity (Wildman–Crippen MR) is 189 cm³/mol. The zero-order valence-corrected chi connectivity index (χ0v) is 30.6. The molecule has 262 valence electrons. The van der Waals surface area contributed by atoms with Gasteiger partial charge in [0.1, 0.15) is 24.4 Å². The molecule has 0 N–H and O–H groups in total. The number of aromatic nitrogens is 1. The fourth-order valence-electron chi connectivity index (χ4n) is 5.19. The molecule has 9 nitrogen and oxygen atoms in total. The Morgan fingerprint density at radius 2 is 1.20 bits per heavy atom. The maximum Gasteiger partial charge on any atom is 0.317 e. The fourth-order valence-corrected chi connectivity index (χ4v) is 7.41. The van der Waals surface area contributed by atoms with Gasteiger partial charge in [0.2, 0.25) is 6.29 Å². The van der Waals surface area contributed by atoms with Crippen LogP contribution in [-0.2, 0) is 57.5 Å². The summed E-state index contributed by atoms with van der Waals surface area (Å²) in [4.78, 5) is 4.05. The first-order valence-electron chi connectivity index (χ1n) is 16.5. The number of ether oxygens (including phenoxy) is 4. The van der Waals surface area contributed by atoms with Crippen molar-refractivity contribution in [1.82, 2.24) is 4.98 Å². The summed E-state index contributed by atoms with van der Waals surface area (Å²) in [5.41, 5.74) is 2.89. The minimum atomic E-state index is -4.37. The van der Waals surface area contributed by atoms with Gasteiger partial charge in [-0.05, 0) is 47.0 Å². The molecule has 49 heavy (non-hydrogen) atoms. The number of benzene rings is 3. The van der Waals surface area contributed by atoms with Crippen molar-refractivity contribution in [3.63, 3.8) is 0 Å². The minimum Gasteiger partial charge on any atom is -0.406 e. The molecule has 1 aromatic heterocycles. The lowest BCUT2D eigenvalue weighted by Gasteiger charge is -2.49. The summed E-state index contributed by atoms with van der Waals surface area (Å²) in [7, 11) is -6.96. The van der Waals surface area contributed by atoms with Gasteiger partial charge >= 0.3 is 10.1 Å². The van der Waals surface area contributed by atoms with Gasteiger partial charge in [0.15, 0.2) is 13.3 Å². The first-order chi connectivity index (χ1) is 23.4. The molecule has 3 aromatic carbocycles. The molecule has 0 saturated carbocycles. The van der Waals surface area contributed by atoms with Gasteiger partial charge in [-0.15, -0.1) is 0 Å². The summed E-state index contributed by atoms with van der Waals surface area (Å²) in [6.07, 6.45) is -3.26. The van der Waals surface area contributed by atoms with Gasteiger partial charge in [-0.1, -0.05) is 118 Å². The SMILES string of the molecule is CC(C)(C)[Si](C)(C)O[C@H]1[C@H](OS(=O)(=O)c2ccccn2)O[C@H](COCc2ccccc2)[C@@H](OCc2ccccc2)[C@@H]1OCc1ccccc1. The molecule has 0 radical (unpaired) electrons. The van der Waals surface area contributed by atoms with Crippen LogP contribution in [0.5, 0.6) is 0 Å². The molecule has 5 rings (SSSR count). The highest BCUT2D eigenvalue weighted by molar-refractivity contribution is 7.86. The first kappa shape index (κ1) is 37.0. The Labute approximate surface area is 291 Å². The van der Waals surface area contributed by atoms with Crippen LogP contribution in [-0.4, -0.2) is 59.0 Å². The molecule has 5 atom stereocenters. The highest BCUT2D eigenvalue weighted by Gasteiger charge is 2.53. The summed E-state index contributed by atoms with van der Waals surface area (Å²) in [5, 5.41) is -0.456. The van der Waals surface area contributed by atoms with E-state index in [1.807, 2.05) is 91.0 Å². The van der Waals surface area contributed by atoms with Crippen LogP contribution in [0.15, 0.2) is 120 Å². The van der Waals surface area contributed by atoms with Crippen molar-refractivity contribution in [2.24, 2.45) is 0 Å². The molecule has 1 fully saturated rings. The Bertz CT molecular complexity index is 1670. The molecule has 0 aliphatic carbocycles. The Balaban J connectivity index is 1.54. The number of pyridine rings is 1. The summed E-state index contributed by atoms with van der Waals surface area (Å²) in [5.74, 6) is 0. The van der Waals surface area contributed by atoms with Crippen molar-refractivity contribution < 1.29 is 36.0 Å². The maximum atomic E-state index is 13.7. The van der Waals surface area contributed by atoms with Crippen LogP contribution >= 0.6 is 0 Å². The highest BCUT2D eigenvalue weighted by Crippen LogP contribution is 2.41. The van der Waals surface area contributed by atoms with E-state index in [0.717, 1.165) is 16.7 Å². The summed E-state index contributed by atoms with van der Waals surface area (Å²) in [6, 6.07) is 34.0. The molecule has 0 bridgehead atoms. The van der Waals surface area contributed by atoms with Gasteiger partial charge < -0.3 is 23.4 Å². The van der Waals surface area contributed by atoms with Crippen molar-refractivity contribution in [2.45, 2.75) is 94.5 Å². The molecule has 0 amide bonds. The molecule has 4 aromatic rings. The molecular formula is C38H47NO8SSi. The van der Waals surface area contributed by atoms with E-state index in [2.05, 4.69) is 38.8 Å². The monoisotopic (exact) mass is 705 g/mol. The number of rotatable bonds is 15. The lowest BCUT2D eigenvalue weighted by atomic mass is 9.98. The molecule has 2 heterocycles. The average molecular weight is 706 g/mol. The summed E-state index contributed by atoms with van der Waals surface area (Å²) in [6.45, 7) is 11.4. The van der Waals surface area contributed by atoms with Gasteiger partial charge in [0.05, 0.1) is 26.4 Å². The van der Waals surface area contributed by atoms with E-state index in [4.69, 9.17) is 27.6 Å². The van der Waals surface area contributed by atoms with Crippen LogP contribution < -0.4 is 0 Å². The Kier molecular flexibility index (Phi) is 12.6. The van der Waals surface area contributed by atoms with Gasteiger partial charge in [-0.25, -0.2) is 9.17 Å². The third-order valence-corrected chi connectivity index (χ3v) is 14.6. The second-order valence-electron chi connectivity index (χ2n) is 13.6. The van der Waals surface area contributed by atoms with Crippen LogP contribution in [0.3, 0.4) is 0 Å². The van der Waals surface area contributed by atoms with Crippen molar-refractivity contribution in [1.29, 1.82) is 0 Å². The van der Waals surface area contributed by atoms with E-state index in [1.54, 1.807) is 12.1 Å². The molecule has 0 spiro atoms. The summed E-state index contributed by atoms with van der Waals surface area (Å²) >= 11 is 0. The van der Waals surface area contributed by atoms with Crippen LogP contribution in [0.4, 0.5) is 0 Å². The Hall–Kier alpha value is -3.26. The third-order valence-electron chi connectivity index (χ3n) is 8.91. The van der Waals surface area contributed by atoms with Crippen molar-refractivity contribution in [3.05, 3.63) is 132 Å². The van der Waals surface area contributed by atoms with E-state index in [-0.39, 0.29) is 29.9 Å². The first-order valence-corrected chi connectivity index (χ1v) is 20.8. The molecular weight excluding hydrogens is 659 g/mol. The highest BCUT2D eigenvalue weighted by atomic mass is 32.2. The molecule has 0 unspecified atom stereocenters. The zero-order valence-electron chi connectivity index (χ0n) is 28.8. The second-order valence-corrected chi connectivity index (χ2v) is 19.9. The standard InChI is InChI=1S/C38H47NO8SSi/c1-38(2,3)49(4,5)47-36-35(44-27-31-21-13-8-14-22-31)34(43-26-30-19-11-7-12-20-30)32(28-42-25-29-17-9-6-10-18-29)45-37(36)46-48(40,41)33-23-15-16-24-39-33/h6-24,32,34-37H,25-28H2,1-5H3/t32-,34-,35+,36-,37+/m1/s1. The largest absolute Gasteiger partial charge is 0.406 e. The fraction of sp³-hybridized carbons (Fsp3) is 0.395. The van der Waals surface area contributed by atoms with Crippen molar-refractivity contribution >= 4 is 18.4 Å². The number of nitrogens with zero attached hydrogens (tertiary/aromatic N) is 1. The third kappa shape index (κ3) is 10.1. The quantitative estimate of drug-likeness (QED) is 0.0932. The molecule has 11 heteroatoms. The van der Waals surface area contributed by atoms with E-state index in [1.165, 1.54) is 12.3 Å². The molecule has 1 aliphatic rings. The van der Waals surface area contributed by atoms with Gasteiger partial charge in [-0.2, -0.15) is 8.42 Å². The number of hydrogen-bond donors (Lipinski definition) is 0. The van der Waals surface area contributed by atoms with Gasteiger partial charge in [0.25, 0.3) is 0 Å². The maximum absolute atomic E-state index is 13.7. The second kappa shape index (κ2) is 16.6.